The Morgan fingerprint density at radius 3 is 2.96 bits per heavy atom. The fourth-order valence-electron chi connectivity index (χ4n) is 2.48. The highest BCUT2D eigenvalue weighted by Crippen LogP contribution is 2.29. The number of thiazole rings is 1. The first-order valence-corrected chi connectivity index (χ1v) is 9.18. The van der Waals surface area contributed by atoms with E-state index in [9.17, 15) is 9.59 Å². The standard InChI is InChI=1S/C18H21N3O3S/c1-11(2)13-10-25-17(20-13)7-8-19-16(22)9-15-18(23)21-12-5-3-4-6-14(12)24-15/h3-6,10-11,15H,7-9H2,1-2H3,(H,19,22)(H,21,23). The molecule has 3 rings (SSSR count). The molecule has 0 saturated heterocycles. The van der Waals surface area contributed by atoms with Crippen molar-refractivity contribution in [2.45, 2.75) is 38.7 Å². The van der Waals surface area contributed by atoms with E-state index in [2.05, 4.69) is 34.8 Å². The number of amides is 2. The van der Waals surface area contributed by atoms with Crippen molar-refractivity contribution in [3.8, 4) is 5.75 Å². The molecule has 1 aliphatic rings. The number of ether oxygens (including phenoxy) is 1. The summed E-state index contributed by atoms with van der Waals surface area (Å²) >= 11 is 1.61. The van der Waals surface area contributed by atoms with E-state index in [0.717, 1.165) is 10.7 Å². The van der Waals surface area contributed by atoms with Crippen molar-refractivity contribution >= 4 is 28.8 Å². The molecule has 1 unspecified atom stereocenters. The lowest BCUT2D eigenvalue weighted by Gasteiger charge is -2.25. The number of fused-ring (bicyclic) bond motifs is 1. The lowest BCUT2D eigenvalue weighted by atomic mass is 10.1. The van der Waals surface area contributed by atoms with Crippen molar-refractivity contribution in [2.24, 2.45) is 0 Å². The van der Waals surface area contributed by atoms with Gasteiger partial charge in [0.1, 0.15) is 5.75 Å². The summed E-state index contributed by atoms with van der Waals surface area (Å²) in [6.45, 7) is 4.71. The molecule has 7 heteroatoms. The number of rotatable bonds is 6. The van der Waals surface area contributed by atoms with Gasteiger partial charge in [-0.25, -0.2) is 4.98 Å². The third-order valence-corrected chi connectivity index (χ3v) is 4.83. The lowest BCUT2D eigenvalue weighted by Crippen LogP contribution is -2.41. The van der Waals surface area contributed by atoms with Crippen LogP contribution in [0.15, 0.2) is 29.6 Å². The maximum atomic E-state index is 12.1. The molecule has 2 amide bonds. The summed E-state index contributed by atoms with van der Waals surface area (Å²) in [5.41, 5.74) is 1.71. The predicted octanol–water partition coefficient (Wildman–Crippen LogP) is 2.72. The highest BCUT2D eigenvalue weighted by atomic mass is 32.1. The van der Waals surface area contributed by atoms with Crippen molar-refractivity contribution in [3.63, 3.8) is 0 Å². The van der Waals surface area contributed by atoms with Gasteiger partial charge in [-0.05, 0) is 18.1 Å². The molecule has 6 nitrogen and oxygen atoms in total. The Kier molecular flexibility index (Phi) is 5.33. The molecule has 2 N–H and O–H groups in total. The number of hydrogen-bond acceptors (Lipinski definition) is 5. The van der Waals surface area contributed by atoms with Crippen molar-refractivity contribution in [1.82, 2.24) is 10.3 Å². The monoisotopic (exact) mass is 359 g/mol. The summed E-state index contributed by atoms with van der Waals surface area (Å²) < 4.78 is 5.63. The van der Waals surface area contributed by atoms with E-state index in [0.29, 0.717) is 30.3 Å². The Hall–Kier alpha value is -2.41. The Morgan fingerprint density at radius 1 is 1.40 bits per heavy atom. The predicted molar refractivity (Wildman–Crippen MR) is 97.0 cm³/mol. The first kappa shape index (κ1) is 17.4. The van der Waals surface area contributed by atoms with E-state index in [1.54, 1.807) is 23.5 Å². The fourth-order valence-corrected chi connectivity index (χ4v) is 3.44. The Balaban J connectivity index is 1.47. The Morgan fingerprint density at radius 2 is 2.20 bits per heavy atom. The maximum Gasteiger partial charge on any atom is 0.266 e. The number of anilines is 1. The summed E-state index contributed by atoms with van der Waals surface area (Å²) in [6, 6.07) is 7.18. The van der Waals surface area contributed by atoms with Crippen LogP contribution in [0.5, 0.6) is 5.75 Å². The molecular formula is C18H21N3O3S. The molecular weight excluding hydrogens is 338 g/mol. The molecule has 1 atom stereocenters. The van der Waals surface area contributed by atoms with Crippen LogP contribution < -0.4 is 15.4 Å². The van der Waals surface area contributed by atoms with Crippen molar-refractivity contribution in [2.75, 3.05) is 11.9 Å². The van der Waals surface area contributed by atoms with Gasteiger partial charge in [-0.15, -0.1) is 11.3 Å². The number of hydrogen-bond donors (Lipinski definition) is 2. The minimum absolute atomic E-state index is 0.00468. The molecule has 1 aliphatic heterocycles. The minimum Gasteiger partial charge on any atom is -0.478 e. The summed E-state index contributed by atoms with van der Waals surface area (Å²) in [7, 11) is 0. The third-order valence-electron chi connectivity index (χ3n) is 3.90. The van der Waals surface area contributed by atoms with Crippen LogP contribution >= 0.6 is 11.3 Å². The highest BCUT2D eigenvalue weighted by molar-refractivity contribution is 7.09. The average Bonchev–Trinajstić information content (AvgIpc) is 3.05. The van der Waals surface area contributed by atoms with Crippen molar-refractivity contribution in [3.05, 3.63) is 40.3 Å². The van der Waals surface area contributed by atoms with Gasteiger partial charge in [0, 0.05) is 18.3 Å². The van der Waals surface area contributed by atoms with E-state index in [4.69, 9.17) is 4.74 Å². The zero-order valence-corrected chi connectivity index (χ0v) is 15.1. The van der Waals surface area contributed by atoms with Crippen LogP contribution in [0.2, 0.25) is 0 Å². The first-order valence-electron chi connectivity index (χ1n) is 8.30. The molecule has 1 aromatic heterocycles. The highest BCUT2D eigenvalue weighted by Gasteiger charge is 2.29. The summed E-state index contributed by atoms with van der Waals surface area (Å²) in [5, 5.41) is 8.65. The van der Waals surface area contributed by atoms with Gasteiger partial charge in [0.25, 0.3) is 5.91 Å². The molecule has 1 aromatic carbocycles. The van der Waals surface area contributed by atoms with E-state index in [1.165, 1.54) is 0 Å². The third kappa shape index (κ3) is 4.36. The van der Waals surface area contributed by atoms with Crippen LogP contribution in [-0.2, 0) is 16.0 Å². The maximum absolute atomic E-state index is 12.1. The molecule has 0 spiro atoms. The SMILES string of the molecule is CC(C)c1csc(CCNC(=O)CC2Oc3ccccc3NC2=O)n1. The fraction of sp³-hybridized carbons (Fsp3) is 0.389. The quantitative estimate of drug-likeness (QED) is 0.831. The Labute approximate surface area is 150 Å². The Bertz CT molecular complexity index is 772. The van der Waals surface area contributed by atoms with E-state index >= 15 is 0 Å². The van der Waals surface area contributed by atoms with E-state index in [1.807, 2.05) is 12.1 Å². The molecule has 2 aromatic rings. The molecule has 0 bridgehead atoms. The zero-order valence-electron chi connectivity index (χ0n) is 14.2. The summed E-state index contributed by atoms with van der Waals surface area (Å²) in [6.07, 6.45) is -0.124. The van der Waals surface area contributed by atoms with Crippen molar-refractivity contribution in [1.29, 1.82) is 0 Å². The second kappa shape index (κ2) is 7.65. The molecule has 2 heterocycles. The zero-order chi connectivity index (χ0) is 17.8. The van der Waals surface area contributed by atoms with Gasteiger partial charge in [-0.2, -0.15) is 0 Å². The van der Waals surface area contributed by atoms with Crippen LogP contribution in [0.4, 0.5) is 5.69 Å². The lowest BCUT2D eigenvalue weighted by molar-refractivity contribution is -0.130. The largest absolute Gasteiger partial charge is 0.478 e. The number of nitrogens with zero attached hydrogens (tertiary/aromatic N) is 1. The molecule has 0 aliphatic carbocycles. The molecule has 0 saturated carbocycles. The normalized spacial score (nSPS) is 16.1. The number of carbonyl (C=O) groups is 2. The van der Waals surface area contributed by atoms with Gasteiger partial charge < -0.3 is 15.4 Å². The van der Waals surface area contributed by atoms with Gasteiger partial charge in [0.2, 0.25) is 5.91 Å². The van der Waals surface area contributed by atoms with Gasteiger partial charge in [0.05, 0.1) is 22.8 Å². The average molecular weight is 359 g/mol. The van der Waals surface area contributed by atoms with E-state index in [-0.39, 0.29) is 18.2 Å². The number of para-hydroxylation sites is 2. The van der Waals surface area contributed by atoms with Gasteiger partial charge in [-0.3, -0.25) is 9.59 Å². The number of benzene rings is 1. The molecule has 25 heavy (non-hydrogen) atoms. The minimum atomic E-state index is -0.803. The summed E-state index contributed by atoms with van der Waals surface area (Å²) in [4.78, 5) is 28.7. The van der Waals surface area contributed by atoms with Crippen LogP contribution in [-0.4, -0.2) is 29.4 Å². The molecule has 132 valence electrons. The second-order valence-corrected chi connectivity index (χ2v) is 7.16. The number of carbonyl (C=O) groups excluding carboxylic acids is 2. The van der Waals surface area contributed by atoms with E-state index < -0.39 is 6.10 Å². The summed E-state index contributed by atoms with van der Waals surface area (Å²) in [5.74, 6) is 0.490. The van der Waals surface area contributed by atoms with Crippen molar-refractivity contribution < 1.29 is 14.3 Å². The smallest absolute Gasteiger partial charge is 0.266 e. The van der Waals surface area contributed by atoms with Gasteiger partial charge in [0.15, 0.2) is 6.10 Å². The number of aromatic nitrogens is 1. The second-order valence-electron chi connectivity index (χ2n) is 6.22. The topological polar surface area (TPSA) is 80.3 Å². The van der Waals surface area contributed by atoms with Crippen LogP contribution in [0, 0.1) is 0 Å². The van der Waals surface area contributed by atoms with Crippen LogP contribution in [0.25, 0.3) is 0 Å². The van der Waals surface area contributed by atoms with Gasteiger partial charge >= 0.3 is 0 Å². The van der Waals surface area contributed by atoms with Crippen LogP contribution in [0.3, 0.4) is 0 Å². The van der Waals surface area contributed by atoms with Crippen LogP contribution in [0.1, 0.15) is 36.9 Å². The molecule has 0 radical (unpaired) electrons. The number of nitrogens with one attached hydrogen (secondary N) is 2. The first-order chi connectivity index (χ1) is 12.0. The molecule has 0 fully saturated rings. The van der Waals surface area contributed by atoms with Gasteiger partial charge in [-0.1, -0.05) is 26.0 Å².